The van der Waals surface area contributed by atoms with Gasteiger partial charge in [0.05, 0.1) is 5.92 Å². The van der Waals surface area contributed by atoms with Crippen molar-refractivity contribution in [1.29, 1.82) is 0 Å². The monoisotopic (exact) mass is 317 g/mol. The van der Waals surface area contributed by atoms with E-state index in [2.05, 4.69) is 43.3 Å². The Balaban J connectivity index is 1.78. The van der Waals surface area contributed by atoms with Gasteiger partial charge in [-0.15, -0.1) is 0 Å². The van der Waals surface area contributed by atoms with Gasteiger partial charge in [0.1, 0.15) is 0 Å². The summed E-state index contributed by atoms with van der Waals surface area (Å²) in [6, 6.07) is 14.1. The normalized spacial score (nSPS) is 21.8. The predicted octanol–water partition coefficient (Wildman–Crippen LogP) is 3.58. The number of nitrogens with zero attached hydrogens (tertiary/aromatic N) is 1. The van der Waals surface area contributed by atoms with E-state index in [1.54, 1.807) is 7.05 Å². The summed E-state index contributed by atoms with van der Waals surface area (Å²) in [4.78, 5) is 26.6. The Kier molecular flexibility index (Phi) is 3.38. The number of imide groups is 1. The lowest BCUT2D eigenvalue weighted by Gasteiger charge is -2.37. The predicted molar refractivity (Wildman–Crippen MR) is 93.7 cm³/mol. The fourth-order valence-corrected chi connectivity index (χ4v) is 3.79. The number of hydrogen-bond acceptors (Lipinski definition) is 2. The van der Waals surface area contributed by atoms with Gasteiger partial charge < -0.3 is 0 Å². The summed E-state index contributed by atoms with van der Waals surface area (Å²) < 4.78 is 0. The molecular weight excluding hydrogens is 298 g/mol. The van der Waals surface area contributed by atoms with E-state index in [-0.39, 0.29) is 23.7 Å². The van der Waals surface area contributed by atoms with E-state index in [0.717, 1.165) is 17.5 Å². The van der Waals surface area contributed by atoms with Crippen molar-refractivity contribution < 1.29 is 9.59 Å². The van der Waals surface area contributed by atoms with Crippen LogP contribution in [-0.4, -0.2) is 23.8 Å². The van der Waals surface area contributed by atoms with Crippen LogP contribution < -0.4 is 0 Å². The molecule has 120 valence electrons. The summed E-state index contributed by atoms with van der Waals surface area (Å²) in [6.07, 6.45) is 4.97. The Morgan fingerprint density at radius 3 is 2.54 bits per heavy atom. The molecule has 0 saturated carbocycles. The van der Waals surface area contributed by atoms with Gasteiger partial charge in [-0.05, 0) is 42.0 Å². The molecule has 2 aliphatic rings. The minimum atomic E-state index is -0.273. The van der Waals surface area contributed by atoms with Crippen molar-refractivity contribution in [3.63, 3.8) is 0 Å². The largest absolute Gasteiger partial charge is 0.281 e. The van der Waals surface area contributed by atoms with Crippen LogP contribution in [-0.2, 0) is 11.2 Å². The van der Waals surface area contributed by atoms with Crippen LogP contribution in [0.25, 0.3) is 6.08 Å². The minimum absolute atomic E-state index is 0.0735. The number of rotatable bonds is 2. The number of allylic oxidation sites excluding steroid dienone is 1. The zero-order chi connectivity index (χ0) is 16.8. The number of likely N-dealkylation sites (N-methyl/N-ethyl adjacent to an activating group) is 1. The highest BCUT2D eigenvalue weighted by molar-refractivity contribution is 6.12. The molecule has 1 aliphatic carbocycles. The van der Waals surface area contributed by atoms with Crippen LogP contribution in [0.2, 0.25) is 0 Å². The first kappa shape index (κ1) is 14.9. The van der Waals surface area contributed by atoms with Crippen molar-refractivity contribution in [3.8, 4) is 0 Å². The zero-order valence-electron chi connectivity index (χ0n) is 13.8. The smallest absolute Gasteiger partial charge is 0.260 e. The summed E-state index contributed by atoms with van der Waals surface area (Å²) in [5.41, 5.74) is 5.00. The van der Waals surface area contributed by atoms with Crippen molar-refractivity contribution >= 4 is 17.9 Å². The topological polar surface area (TPSA) is 37.4 Å². The molecule has 0 radical (unpaired) electrons. The fourth-order valence-electron chi connectivity index (χ4n) is 3.79. The van der Waals surface area contributed by atoms with E-state index in [1.807, 2.05) is 18.2 Å². The molecule has 4 rings (SSSR count). The maximum Gasteiger partial charge on any atom is 0.260 e. The Labute approximate surface area is 141 Å². The standard InChI is InChI=1S/C21H19NO2/c1-13-6-8-14(9-7-13)12-16-11-10-15-4-3-5-17-18(15)19(16)21(24)22(2)20(17)23/h3-11,16,19H,12H2,1-2H3/t16-,19+/m0/s1. The molecule has 0 spiro atoms. The van der Waals surface area contributed by atoms with Crippen LogP contribution in [0.4, 0.5) is 0 Å². The Morgan fingerprint density at radius 2 is 1.79 bits per heavy atom. The number of carbonyl (C=O) groups is 2. The van der Waals surface area contributed by atoms with E-state index in [1.165, 1.54) is 16.0 Å². The van der Waals surface area contributed by atoms with E-state index < -0.39 is 0 Å². The third-order valence-corrected chi connectivity index (χ3v) is 5.13. The quantitative estimate of drug-likeness (QED) is 0.794. The minimum Gasteiger partial charge on any atom is -0.281 e. The van der Waals surface area contributed by atoms with Crippen molar-refractivity contribution in [2.24, 2.45) is 5.92 Å². The second-order valence-corrected chi connectivity index (χ2v) is 6.70. The molecule has 0 aromatic heterocycles. The number of amides is 2. The molecule has 2 aromatic rings. The molecular formula is C21H19NO2. The molecule has 2 amide bonds. The highest BCUT2D eigenvalue weighted by atomic mass is 16.2. The highest BCUT2D eigenvalue weighted by Gasteiger charge is 2.42. The van der Waals surface area contributed by atoms with Gasteiger partial charge in [0, 0.05) is 12.6 Å². The van der Waals surface area contributed by atoms with Crippen molar-refractivity contribution in [2.45, 2.75) is 19.3 Å². The van der Waals surface area contributed by atoms with Gasteiger partial charge in [-0.3, -0.25) is 14.5 Å². The Morgan fingerprint density at radius 1 is 1.04 bits per heavy atom. The third kappa shape index (κ3) is 2.20. The van der Waals surface area contributed by atoms with Crippen molar-refractivity contribution in [2.75, 3.05) is 7.05 Å². The first-order valence-corrected chi connectivity index (χ1v) is 8.25. The van der Waals surface area contributed by atoms with E-state index >= 15 is 0 Å². The molecule has 2 aromatic carbocycles. The Bertz CT molecular complexity index is 864. The molecule has 0 N–H and O–H groups in total. The molecule has 0 saturated heterocycles. The SMILES string of the molecule is Cc1ccc(C[C@@H]2C=Cc3cccc4c3[C@@H]2C(=O)N(C)C4=O)cc1. The lowest BCUT2D eigenvalue weighted by atomic mass is 9.72. The number of hydrogen-bond donors (Lipinski definition) is 0. The van der Waals surface area contributed by atoms with E-state index in [0.29, 0.717) is 5.56 Å². The molecule has 0 fully saturated rings. The molecule has 3 nitrogen and oxygen atoms in total. The highest BCUT2D eigenvalue weighted by Crippen LogP contribution is 2.42. The molecule has 1 aliphatic heterocycles. The molecule has 24 heavy (non-hydrogen) atoms. The summed E-state index contributed by atoms with van der Waals surface area (Å²) in [5.74, 6) is -0.492. The lowest BCUT2D eigenvalue weighted by Crippen LogP contribution is -2.45. The van der Waals surface area contributed by atoms with Gasteiger partial charge in [-0.1, -0.05) is 54.1 Å². The number of benzene rings is 2. The van der Waals surface area contributed by atoms with Crippen LogP contribution in [0.5, 0.6) is 0 Å². The maximum absolute atomic E-state index is 12.8. The van der Waals surface area contributed by atoms with Gasteiger partial charge in [0.25, 0.3) is 5.91 Å². The van der Waals surface area contributed by atoms with Crippen LogP contribution in [0, 0.1) is 12.8 Å². The van der Waals surface area contributed by atoms with Crippen LogP contribution in [0.15, 0.2) is 48.5 Å². The van der Waals surface area contributed by atoms with Gasteiger partial charge in [0.2, 0.25) is 5.91 Å². The van der Waals surface area contributed by atoms with Crippen molar-refractivity contribution in [3.05, 3.63) is 76.4 Å². The average Bonchev–Trinajstić information content (AvgIpc) is 2.60. The first-order chi connectivity index (χ1) is 11.6. The van der Waals surface area contributed by atoms with Gasteiger partial charge in [0.15, 0.2) is 0 Å². The molecule has 3 heteroatoms. The lowest BCUT2D eigenvalue weighted by molar-refractivity contribution is -0.130. The summed E-state index contributed by atoms with van der Waals surface area (Å²) in [7, 11) is 1.58. The molecule has 1 heterocycles. The number of carbonyl (C=O) groups excluding carboxylic acids is 2. The van der Waals surface area contributed by atoms with E-state index in [4.69, 9.17) is 0 Å². The van der Waals surface area contributed by atoms with Gasteiger partial charge >= 0.3 is 0 Å². The molecule has 0 unspecified atom stereocenters. The summed E-state index contributed by atoms with van der Waals surface area (Å²) >= 11 is 0. The number of aryl methyl sites for hydroxylation is 1. The van der Waals surface area contributed by atoms with Gasteiger partial charge in [-0.25, -0.2) is 0 Å². The zero-order valence-corrected chi connectivity index (χ0v) is 13.8. The molecule has 2 atom stereocenters. The summed E-state index contributed by atoms with van der Waals surface area (Å²) in [6.45, 7) is 2.07. The average molecular weight is 317 g/mol. The second kappa shape index (κ2) is 5.45. The van der Waals surface area contributed by atoms with Crippen LogP contribution in [0.1, 0.15) is 38.5 Å². The Hall–Kier alpha value is -2.68. The fraction of sp³-hybridized carbons (Fsp3) is 0.238. The summed E-state index contributed by atoms with van der Waals surface area (Å²) in [5, 5.41) is 0. The van der Waals surface area contributed by atoms with Crippen molar-refractivity contribution in [1.82, 2.24) is 4.90 Å². The van der Waals surface area contributed by atoms with Crippen LogP contribution >= 0.6 is 0 Å². The van der Waals surface area contributed by atoms with Gasteiger partial charge in [-0.2, -0.15) is 0 Å². The first-order valence-electron chi connectivity index (χ1n) is 8.25. The third-order valence-electron chi connectivity index (χ3n) is 5.13. The second-order valence-electron chi connectivity index (χ2n) is 6.70. The maximum atomic E-state index is 12.8. The van der Waals surface area contributed by atoms with Crippen LogP contribution in [0.3, 0.4) is 0 Å². The van der Waals surface area contributed by atoms with E-state index in [9.17, 15) is 9.59 Å². The molecule has 0 bridgehead atoms.